The van der Waals surface area contributed by atoms with Crippen LogP contribution in [0.25, 0.3) is 0 Å². The van der Waals surface area contributed by atoms with Gasteiger partial charge in [-0.3, -0.25) is 4.79 Å². The number of nitrogens with one attached hydrogen (secondary N) is 1. The van der Waals surface area contributed by atoms with Crippen LogP contribution in [0.2, 0.25) is 0 Å². The van der Waals surface area contributed by atoms with Crippen LogP contribution in [0, 0.1) is 0 Å². The summed E-state index contributed by atoms with van der Waals surface area (Å²) in [6.45, 7) is 2.73. The lowest BCUT2D eigenvalue weighted by Gasteiger charge is -2.46. The standard InChI is InChI=1S/C79H131NO13/c1-3-5-7-9-11-13-15-17-19-21-23-24-25-26-27-28-29-30-31-32-33-34-35-36-37-38-39-40-41-42-43-44-45-47-49-51-53-55-57-59-61-63-71(84)80-67(68(83)62-60-58-56-54-52-50-48-46-22-20-18-16-14-12-10-8-6-4-2)66-90-78-76(89)74(87)77(70(65-82)92-78)93-79-75(88)73(86)72(85)69(64-81)91-79/h5,7,11,13,17,19,23-24,26-27,29-30,32-33,35-36,38-39,41-42,44-45,49,51,67-70,72-79,81-83,85-89H,3-4,6,8-10,12,14-16,18,20-22,25,28,31,34,37,40,43,46-48,50,52-66H2,1-2H3,(H,80,84)/b7-5-,13-11-,19-17-,24-23-,27-26-,30-29-,33-32-,36-35-,39-38-,42-41-,45-44-,51-49-. The Kier molecular flexibility index (Phi) is 56.1. The summed E-state index contributed by atoms with van der Waals surface area (Å²) in [6, 6.07) is -0.854. The molecular formula is C79H131NO13. The average Bonchev–Trinajstić information content (AvgIpc) is 0.958. The molecule has 0 spiro atoms. The van der Waals surface area contributed by atoms with Crippen LogP contribution >= 0.6 is 0 Å². The number of hydrogen-bond donors (Lipinski definition) is 9. The van der Waals surface area contributed by atoms with Gasteiger partial charge in [-0.2, -0.15) is 0 Å². The fraction of sp³-hybridized carbons (Fsp3) is 0.684. The molecule has 2 saturated heterocycles. The first-order chi connectivity index (χ1) is 45.6. The Bertz CT molecular complexity index is 2120. The Morgan fingerprint density at radius 2 is 0.742 bits per heavy atom. The Morgan fingerprint density at radius 3 is 1.14 bits per heavy atom. The summed E-state index contributed by atoms with van der Waals surface area (Å²) in [5, 5.41) is 87.6. The van der Waals surface area contributed by atoms with Crippen molar-refractivity contribution in [2.45, 2.75) is 325 Å². The quantitative estimate of drug-likeness (QED) is 0.0204. The van der Waals surface area contributed by atoms with E-state index in [1.807, 2.05) is 0 Å². The molecule has 9 N–H and O–H groups in total. The highest BCUT2D eigenvalue weighted by Gasteiger charge is 2.51. The Hall–Kier alpha value is -4.13. The second-order valence-corrected chi connectivity index (χ2v) is 25.0. The molecule has 2 heterocycles. The maximum atomic E-state index is 13.3. The molecule has 0 aromatic rings. The zero-order valence-electron chi connectivity index (χ0n) is 57.7. The molecule has 12 unspecified atom stereocenters. The molecule has 2 rings (SSSR count). The highest BCUT2D eigenvalue weighted by atomic mass is 16.7. The molecular weight excluding hydrogens is 1170 g/mol. The molecule has 530 valence electrons. The third-order valence-corrected chi connectivity index (χ3v) is 16.8. The van der Waals surface area contributed by atoms with E-state index in [1.165, 1.54) is 89.9 Å². The van der Waals surface area contributed by atoms with Crippen LogP contribution in [-0.4, -0.2) is 140 Å². The highest BCUT2D eigenvalue weighted by molar-refractivity contribution is 5.76. The Morgan fingerprint density at radius 1 is 0.398 bits per heavy atom. The van der Waals surface area contributed by atoms with Crippen LogP contribution in [0.1, 0.15) is 251 Å². The number of carbonyl (C=O) groups is 1. The van der Waals surface area contributed by atoms with Gasteiger partial charge in [0.05, 0.1) is 32.0 Å². The van der Waals surface area contributed by atoms with E-state index in [2.05, 4.69) is 165 Å². The van der Waals surface area contributed by atoms with Crippen LogP contribution in [-0.2, 0) is 23.7 Å². The normalized spacial score (nSPS) is 23.5. The van der Waals surface area contributed by atoms with Gasteiger partial charge in [-0.05, 0) is 103 Å². The number of rotatable bonds is 58. The maximum Gasteiger partial charge on any atom is 0.220 e. The van der Waals surface area contributed by atoms with Crippen molar-refractivity contribution in [2.24, 2.45) is 0 Å². The first-order valence-corrected chi connectivity index (χ1v) is 36.6. The summed E-state index contributed by atoms with van der Waals surface area (Å²) in [4.78, 5) is 13.3. The van der Waals surface area contributed by atoms with Crippen molar-refractivity contribution >= 4 is 5.91 Å². The summed E-state index contributed by atoms with van der Waals surface area (Å²) in [5.74, 6) is -0.235. The second kappa shape index (κ2) is 61.5. The predicted molar refractivity (Wildman–Crippen MR) is 382 cm³/mol. The van der Waals surface area contributed by atoms with Gasteiger partial charge in [0.15, 0.2) is 12.6 Å². The third kappa shape index (κ3) is 45.1. The minimum atomic E-state index is -1.79. The van der Waals surface area contributed by atoms with Crippen LogP contribution in [0.5, 0.6) is 0 Å². The summed E-state index contributed by atoms with van der Waals surface area (Å²) >= 11 is 0. The molecule has 0 saturated carbocycles. The van der Waals surface area contributed by atoms with Gasteiger partial charge in [-0.15, -0.1) is 0 Å². The Labute approximate surface area is 563 Å². The first-order valence-electron chi connectivity index (χ1n) is 36.6. The third-order valence-electron chi connectivity index (χ3n) is 16.8. The molecule has 14 heteroatoms. The number of hydrogen-bond acceptors (Lipinski definition) is 13. The van der Waals surface area contributed by atoms with Crippen molar-refractivity contribution in [3.8, 4) is 0 Å². The predicted octanol–water partition coefficient (Wildman–Crippen LogP) is 15.6. The Balaban J connectivity index is 1.65. The fourth-order valence-corrected chi connectivity index (χ4v) is 11.0. The van der Waals surface area contributed by atoms with Crippen molar-refractivity contribution < 1.29 is 64.6 Å². The lowest BCUT2D eigenvalue weighted by molar-refractivity contribution is -0.359. The van der Waals surface area contributed by atoms with Crippen molar-refractivity contribution in [3.63, 3.8) is 0 Å². The summed E-state index contributed by atoms with van der Waals surface area (Å²) < 4.78 is 22.9. The van der Waals surface area contributed by atoms with Gasteiger partial charge < -0.3 is 65.1 Å². The van der Waals surface area contributed by atoms with Gasteiger partial charge in [0, 0.05) is 6.42 Å². The first kappa shape index (κ1) is 85.0. The monoisotopic (exact) mass is 1300 g/mol. The summed E-state index contributed by atoms with van der Waals surface area (Å²) in [6.07, 6.45) is 75.7. The molecule has 2 aliphatic rings. The van der Waals surface area contributed by atoms with Gasteiger partial charge in [0.25, 0.3) is 0 Å². The molecule has 93 heavy (non-hydrogen) atoms. The molecule has 0 bridgehead atoms. The topological polar surface area (TPSA) is 228 Å². The molecule has 0 aromatic carbocycles. The molecule has 2 fully saturated rings. The van der Waals surface area contributed by atoms with Gasteiger partial charge in [0.1, 0.15) is 48.8 Å². The lowest BCUT2D eigenvalue weighted by Crippen LogP contribution is -2.65. The highest BCUT2D eigenvalue weighted by Crippen LogP contribution is 2.30. The van der Waals surface area contributed by atoms with Gasteiger partial charge in [-0.25, -0.2) is 0 Å². The van der Waals surface area contributed by atoms with E-state index < -0.39 is 86.8 Å². The van der Waals surface area contributed by atoms with Crippen LogP contribution < -0.4 is 5.32 Å². The number of amides is 1. The van der Waals surface area contributed by atoms with Crippen molar-refractivity contribution in [1.29, 1.82) is 0 Å². The SMILES string of the molecule is CC/C=C\C/C=C\C/C=C\C/C=C\C/C=C\C/C=C\C/C=C\C/C=C\C/C=C\C/C=C\C/C=C\C/C=C\CCCCCCC(=O)NC(COC1OC(CO)C(OC2OC(CO)C(O)C(O)C2O)C(O)C1O)C(O)CCCCCCCCCCCCCCCCCCCC. The van der Waals surface area contributed by atoms with Crippen LogP contribution in [0.15, 0.2) is 146 Å². The number of aliphatic hydroxyl groups excluding tert-OH is 8. The summed E-state index contributed by atoms with van der Waals surface area (Å²) in [7, 11) is 0. The largest absolute Gasteiger partial charge is 0.394 e. The number of unbranched alkanes of at least 4 members (excludes halogenated alkanes) is 21. The zero-order valence-corrected chi connectivity index (χ0v) is 57.7. The lowest BCUT2D eigenvalue weighted by atomic mass is 9.97. The molecule has 0 radical (unpaired) electrons. The summed E-state index contributed by atoms with van der Waals surface area (Å²) in [5.41, 5.74) is 0. The van der Waals surface area contributed by atoms with E-state index in [4.69, 9.17) is 18.9 Å². The maximum absolute atomic E-state index is 13.3. The zero-order chi connectivity index (χ0) is 67.3. The van der Waals surface area contributed by atoms with E-state index in [-0.39, 0.29) is 18.9 Å². The number of aliphatic hydroxyl groups is 8. The smallest absolute Gasteiger partial charge is 0.220 e. The van der Waals surface area contributed by atoms with Gasteiger partial charge in [-0.1, -0.05) is 288 Å². The number of ether oxygens (including phenoxy) is 4. The number of allylic oxidation sites excluding steroid dienone is 24. The number of carbonyl (C=O) groups excluding carboxylic acids is 1. The minimum absolute atomic E-state index is 0.235. The van der Waals surface area contributed by atoms with Crippen molar-refractivity contribution in [3.05, 3.63) is 146 Å². The molecule has 1 amide bonds. The second-order valence-electron chi connectivity index (χ2n) is 25.0. The fourth-order valence-electron chi connectivity index (χ4n) is 11.0. The van der Waals surface area contributed by atoms with E-state index in [9.17, 15) is 45.6 Å². The molecule has 0 aromatic heterocycles. The molecule has 2 aliphatic heterocycles. The van der Waals surface area contributed by atoms with E-state index in [0.29, 0.717) is 12.8 Å². The molecule has 0 aliphatic carbocycles. The van der Waals surface area contributed by atoms with Crippen molar-refractivity contribution in [1.82, 2.24) is 5.32 Å². The van der Waals surface area contributed by atoms with Gasteiger partial charge >= 0.3 is 0 Å². The van der Waals surface area contributed by atoms with E-state index >= 15 is 0 Å². The van der Waals surface area contributed by atoms with Gasteiger partial charge in [0.2, 0.25) is 5.91 Å². The van der Waals surface area contributed by atoms with E-state index in [1.54, 1.807) is 0 Å². The average molecular weight is 1300 g/mol. The van der Waals surface area contributed by atoms with E-state index in [0.717, 1.165) is 128 Å². The van der Waals surface area contributed by atoms with Crippen LogP contribution in [0.3, 0.4) is 0 Å². The molecule has 14 nitrogen and oxygen atoms in total. The minimum Gasteiger partial charge on any atom is -0.394 e. The van der Waals surface area contributed by atoms with Crippen LogP contribution in [0.4, 0.5) is 0 Å². The molecule has 12 atom stereocenters. The van der Waals surface area contributed by atoms with Crippen molar-refractivity contribution in [2.75, 3.05) is 19.8 Å².